The Hall–Kier alpha value is -1.87. The fourth-order valence-electron chi connectivity index (χ4n) is 1.97. The molecule has 122 valence electrons. The molecule has 2 nitrogen and oxygen atoms in total. The normalized spacial score (nSPS) is 10.4. The largest absolute Gasteiger partial charge is 0.481 e. The first-order valence-electron chi connectivity index (χ1n) is 7.78. The summed E-state index contributed by atoms with van der Waals surface area (Å²) in [4.78, 5) is 10.2. The average Bonchev–Trinajstić information content (AvgIpc) is 2.57. The number of carboxylic acids is 1. The van der Waals surface area contributed by atoms with Crippen LogP contribution >= 0.6 is 15.9 Å². The van der Waals surface area contributed by atoms with Crippen molar-refractivity contribution < 1.29 is 9.90 Å². The molecule has 0 amide bonds. The van der Waals surface area contributed by atoms with E-state index in [2.05, 4.69) is 52.3 Å². The van der Waals surface area contributed by atoms with Crippen molar-refractivity contribution in [3.05, 3.63) is 70.2 Å². The Morgan fingerprint density at radius 2 is 1.43 bits per heavy atom. The van der Waals surface area contributed by atoms with Crippen LogP contribution in [0.25, 0.3) is 12.2 Å². The van der Waals surface area contributed by atoms with Crippen molar-refractivity contribution in [2.75, 3.05) is 0 Å². The van der Waals surface area contributed by atoms with Gasteiger partial charge in [0.1, 0.15) is 0 Å². The van der Waals surface area contributed by atoms with Crippen LogP contribution < -0.4 is 0 Å². The molecule has 0 spiro atoms. The fourth-order valence-corrected chi connectivity index (χ4v) is 2.23. The third kappa shape index (κ3) is 7.80. The van der Waals surface area contributed by atoms with E-state index in [0.717, 1.165) is 17.3 Å². The summed E-state index contributed by atoms with van der Waals surface area (Å²) in [5.41, 5.74) is 2.43. The molecule has 0 bridgehead atoms. The lowest BCUT2D eigenvalue weighted by molar-refractivity contribution is -0.141. The zero-order chi connectivity index (χ0) is 17.1. The minimum absolute atomic E-state index is 0.130. The molecule has 0 saturated carbocycles. The molecule has 0 heterocycles. The first kappa shape index (κ1) is 19.2. The topological polar surface area (TPSA) is 37.3 Å². The van der Waals surface area contributed by atoms with Crippen molar-refractivity contribution in [1.82, 2.24) is 0 Å². The number of carboxylic acid groups (broad SMARTS) is 1. The average molecular weight is 375 g/mol. The van der Waals surface area contributed by atoms with Gasteiger partial charge in [0.05, 0.1) is 5.92 Å². The maximum absolute atomic E-state index is 10.2. The van der Waals surface area contributed by atoms with Gasteiger partial charge in [0.2, 0.25) is 0 Å². The van der Waals surface area contributed by atoms with Crippen molar-refractivity contribution in [1.29, 1.82) is 0 Å². The Morgan fingerprint density at radius 3 is 1.83 bits per heavy atom. The highest BCUT2D eigenvalue weighted by Crippen LogP contribution is 2.13. The molecule has 0 aliphatic heterocycles. The van der Waals surface area contributed by atoms with E-state index in [0.29, 0.717) is 0 Å². The van der Waals surface area contributed by atoms with Crippen LogP contribution in [0, 0.1) is 5.92 Å². The van der Waals surface area contributed by atoms with Crippen molar-refractivity contribution in [3.63, 3.8) is 0 Å². The molecule has 0 aliphatic rings. The lowest BCUT2D eigenvalue weighted by atomic mass is 10.1. The Morgan fingerprint density at radius 1 is 0.957 bits per heavy atom. The number of aliphatic carboxylic acids is 1. The van der Waals surface area contributed by atoms with Gasteiger partial charge < -0.3 is 5.11 Å². The monoisotopic (exact) mass is 374 g/mol. The van der Waals surface area contributed by atoms with E-state index in [1.165, 1.54) is 11.1 Å². The van der Waals surface area contributed by atoms with Crippen molar-refractivity contribution in [2.24, 2.45) is 5.92 Å². The summed E-state index contributed by atoms with van der Waals surface area (Å²) in [6.45, 7) is 3.78. The number of benzene rings is 2. The molecule has 23 heavy (non-hydrogen) atoms. The number of hydrogen-bond acceptors (Lipinski definition) is 1. The minimum Gasteiger partial charge on any atom is -0.481 e. The Labute approximate surface area is 147 Å². The van der Waals surface area contributed by atoms with E-state index in [1.54, 1.807) is 0 Å². The second-order valence-electron chi connectivity index (χ2n) is 5.15. The van der Waals surface area contributed by atoms with Gasteiger partial charge in [-0.3, -0.25) is 4.79 Å². The van der Waals surface area contributed by atoms with Gasteiger partial charge in [0.25, 0.3) is 0 Å². The predicted octanol–water partition coefficient (Wildman–Crippen LogP) is 6.13. The molecule has 2 aromatic rings. The maximum atomic E-state index is 10.2. The van der Waals surface area contributed by atoms with E-state index < -0.39 is 5.97 Å². The highest BCUT2D eigenvalue weighted by atomic mass is 79.9. The summed E-state index contributed by atoms with van der Waals surface area (Å²) in [6, 6.07) is 18.6. The number of rotatable bonds is 5. The summed E-state index contributed by atoms with van der Waals surface area (Å²) in [6.07, 6.45) is 5.71. The molecule has 0 aliphatic carbocycles. The van der Waals surface area contributed by atoms with Crippen LogP contribution in [-0.4, -0.2) is 11.1 Å². The lowest BCUT2D eigenvalue weighted by Gasteiger charge is -2.02. The first-order chi connectivity index (χ1) is 11.1. The molecule has 0 saturated heterocycles. The number of halogens is 1. The Kier molecular flexibility index (Phi) is 9.00. The summed E-state index contributed by atoms with van der Waals surface area (Å²) in [5, 5.41) is 8.37. The van der Waals surface area contributed by atoms with Crippen LogP contribution in [0.5, 0.6) is 0 Å². The molecule has 1 N–H and O–H groups in total. The van der Waals surface area contributed by atoms with Crippen molar-refractivity contribution in [2.45, 2.75) is 26.7 Å². The predicted molar refractivity (Wildman–Crippen MR) is 101 cm³/mol. The van der Waals surface area contributed by atoms with Gasteiger partial charge in [-0.05, 0) is 36.1 Å². The summed E-state index contributed by atoms with van der Waals surface area (Å²) in [5.74, 6) is -0.801. The Bertz CT molecular complexity index is 599. The standard InChI is InChI=1S/C14H11Br.C6H12O2/c15-14-10-8-13(9-11-14)7-6-12-4-2-1-3-5-12;1-3-5(4-2)6(7)8/h1-11H;5H,3-4H2,1-2H3,(H,7,8). The van der Waals surface area contributed by atoms with Crippen LogP contribution in [0.3, 0.4) is 0 Å². The highest BCUT2D eigenvalue weighted by molar-refractivity contribution is 9.10. The van der Waals surface area contributed by atoms with E-state index in [4.69, 9.17) is 5.11 Å². The van der Waals surface area contributed by atoms with Crippen LogP contribution in [0.4, 0.5) is 0 Å². The summed E-state index contributed by atoms with van der Waals surface area (Å²) >= 11 is 3.42. The molecule has 0 unspecified atom stereocenters. The SMILES string of the molecule is Brc1ccc(C=Cc2ccccc2)cc1.CCC(CC)C(=O)O. The Balaban J connectivity index is 0.000000284. The second-order valence-corrected chi connectivity index (χ2v) is 6.06. The van der Waals surface area contributed by atoms with Crippen LogP contribution in [0.1, 0.15) is 37.8 Å². The van der Waals surface area contributed by atoms with Crippen LogP contribution in [-0.2, 0) is 4.79 Å². The van der Waals surface area contributed by atoms with Crippen LogP contribution in [0.2, 0.25) is 0 Å². The molecule has 2 aromatic carbocycles. The molecule has 3 heteroatoms. The summed E-state index contributed by atoms with van der Waals surface area (Å²) < 4.78 is 1.11. The molecule has 0 radical (unpaired) electrons. The smallest absolute Gasteiger partial charge is 0.306 e. The minimum atomic E-state index is -0.671. The molecule has 0 aromatic heterocycles. The molecule has 0 fully saturated rings. The number of carbonyl (C=O) groups is 1. The van der Waals surface area contributed by atoms with Crippen LogP contribution in [0.15, 0.2) is 59.1 Å². The van der Waals surface area contributed by atoms with Crippen molar-refractivity contribution in [3.8, 4) is 0 Å². The third-order valence-corrected chi connectivity index (χ3v) is 4.00. The first-order valence-corrected chi connectivity index (χ1v) is 8.57. The molecule has 0 atom stereocenters. The van der Waals surface area contributed by atoms with E-state index in [1.807, 2.05) is 44.2 Å². The van der Waals surface area contributed by atoms with Gasteiger partial charge >= 0.3 is 5.97 Å². The van der Waals surface area contributed by atoms with Gasteiger partial charge in [0, 0.05) is 4.47 Å². The van der Waals surface area contributed by atoms with Gasteiger partial charge in [-0.2, -0.15) is 0 Å². The van der Waals surface area contributed by atoms with Gasteiger partial charge in [0.15, 0.2) is 0 Å². The van der Waals surface area contributed by atoms with Crippen molar-refractivity contribution >= 4 is 34.1 Å². The molecule has 2 rings (SSSR count). The van der Waals surface area contributed by atoms with E-state index in [9.17, 15) is 4.79 Å². The quantitative estimate of drug-likeness (QED) is 0.639. The molecular weight excluding hydrogens is 352 g/mol. The third-order valence-electron chi connectivity index (χ3n) is 3.47. The second kappa shape index (κ2) is 10.8. The number of hydrogen-bond donors (Lipinski definition) is 1. The molecular formula is C20H23BrO2. The lowest BCUT2D eigenvalue weighted by Crippen LogP contribution is -2.10. The van der Waals surface area contributed by atoms with Gasteiger partial charge in [-0.25, -0.2) is 0 Å². The maximum Gasteiger partial charge on any atom is 0.306 e. The van der Waals surface area contributed by atoms with Gasteiger partial charge in [-0.1, -0.05) is 84.4 Å². The van der Waals surface area contributed by atoms with Gasteiger partial charge in [-0.15, -0.1) is 0 Å². The zero-order valence-electron chi connectivity index (χ0n) is 13.6. The van der Waals surface area contributed by atoms with E-state index in [-0.39, 0.29) is 5.92 Å². The highest BCUT2D eigenvalue weighted by Gasteiger charge is 2.10. The zero-order valence-corrected chi connectivity index (χ0v) is 15.2. The fraction of sp³-hybridized carbons (Fsp3) is 0.250. The van der Waals surface area contributed by atoms with E-state index >= 15 is 0 Å². The summed E-state index contributed by atoms with van der Waals surface area (Å²) in [7, 11) is 0.